The molecule has 2 aromatic rings. The van der Waals surface area contributed by atoms with Gasteiger partial charge in [-0.1, -0.05) is 23.9 Å². The summed E-state index contributed by atoms with van der Waals surface area (Å²) in [6.45, 7) is 4.83. The van der Waals surface area contributed by atoms with Gasteiger partial charge in [0.25, 0.3) is 5.56 Å². The van der Waals surface area contributed by atoms with Gasteiger partial charge < -0.3 is 9.84 Å². The van der Waals surface area contributed by atoms with Gasteiger partial charge in [0.1, 0.15) is 0 Å². The number of ether oxygens (including phenoxy) is 1. The van der Waals surface area contributed by atoms with Gasteiger partial charge in [-0.15, -0.1) is 0 Å². The molecule has 1 heterocycles. The summed E-state index contributed by atoms with van der Waals surface area (Å²) in [4.78, 5) is 17.2. The quantitative estimate of drug-likeness (QED) is 0.482. The van der Waals surface area contributed by atoms with Crippen LogP contribution in [0.25, 0.3) is 10.9 Å². The number of thioether (sulfide) groups is 1. The fraction of sp³-hybridized carbons (Fsp3) is 0.467. The van der Waals surface area contributed by atoms with E-state index >= 15 is 0 Å². The Balaban J connectivity index is 2.28. The summed E-state index contributed by atoms with van der Waals surface area (Å²) in [6.07, 6.45) is 0. The van der Waals surface area contributed by atoms with Gasteiger partial charge in [0.2, 0.25) is 0 Å². The molecule has 1 aromatic carbocycles. The van der Waals surface area contributed by atoms with E-state index in [2.05, 4.69) is 4.98 Å². The van der Waals surface area contributed by atoms with Crippen LogP contribution in [0.4, 0.5) is 0 Å². The summed E-state index contributed by atoms with van der Waals surface area (Å²) in [6, 6.07) is 7.45. The molecule has 0 atom stereocenters. The van der Waals surface area contributed by atoms with Crippen molar-refractivity contribution in [2.75, 3.05) is 25.6 Å². The molecule has 0 amide bonds. The molecule has 0 radical (unpaired) electrons. The molecule has 0 saturated carbocycles. The van der Waals surface area contributed by atoms with Crippen molar-refractivity contribution >= 4 is 22.7 Å². The number of benzene rings is 1. The van der Waals surface area contributed by atoms with Crippen molar-refractivity contribution in [2.45, 2.75) is 25.0 Å². The third-order valence-electron chi connectivity index (χ3n) is 2.99. The van der Waals surface area contributed by atoms with Crippen LogP contribution in [-0.2, 0) is 4.74 Å². The number of hydrogen-bond acceptors (Lipinski definition) is 5. The Bertz CT molecular complexity index is 655. The number of aliphatic hydroxyl groups is 1. The number of nitrogens with zero attached hydrogens (tertiary/aromatic N) is 2. The maximum absolute atomic E-state index is 12.6. The molecule has 1 aromatic heterocycles. The van der Waals surface area contributed by atoms with Gasteiger partial charge in [-0.05, 0) is 26.0 Å². The van der Waals surface area contributed by atoms with Gasteiger partial charge in [-0.3, -0.25) is 9.36 Å². The lowest BCUT2D eigenvalue weighted by atomic mass is 10.2. The highest BCUT2D eigenvalue weighted by Gasteiger charge is 2.13. The zero-order valence-electron chi connectivity index (χ0n) is 12.3. The maximum atomic E-state index is 12.6. The number of fused-ring (bicyclic) bond motifs is 1. The van der Waals surface area contributed by atoms with Crippen LogP contribution in [0.5, 0.6) is 0 Å². The average Bonchev–Trinajstić information content (AvgIpc) is 2.47. The fourth-order valence-electron chi connectivity index (χ4n) is 2.04. The number of rotatable bonds is 7. The molecule has 0 unspecified atom stereocenters. The van der Waals surface area contributed by atoms with Gasteiger partial charge in [0.05, 0.1) is 30.7 Å². The lowest BCUT2D eigenvalue weighted by Gasteiger charge is -2.16. The van der Waals surface area contributed by atoms with Crippen LogP contribution in [0.3, 0.4) is 0 Å². The summed E-state index contributed by atoms with van der Waals surface area (Å²) in [5.41, 5.74) is 0.715. The molecule has 1 N–H and O–H groups in total. The molecular formula is C15H20N2O3S. The van der Waals surface area contributed by atoms with Gasteiger partial charge >= 0.3 is 0 Å². The Morgan fingerprint density at radius 3 is 2.81 bits per heavy atom. The van der Waals surface area contributed by atoms with Crippen LogP contribution in [0.1, 0.15) is 19.9 Å². The number of aromatic nitrogens is 2. The third-order valence-corrected chi connectivity index (χ3v) is 3.90. The highest BCUT2D eigenvalue weighted by atomic mass is 32.2. The first-order valence-electron chi connectivity index (χ1n) is 6.98. The molecule has 0 saturated heterocycles. The van der Waals surface area contributed by atoms with Gasteiger partial charge in [-0.25, -0.2) is 4.98 Å². The molecule has 0 spiro atoms. The molecule has 0 bridgehead atoms. The second-order valence-corrected chi connectivity index (χ2v) is 5.93. The molecule has 0 aliphatic carbocycles. The Morgan fingerprint density at radius 1 is 1.33 bits per heavy atom. The molecule has 114 valence electrons. The van der Waals surface area contributed by atoms with Crippen molar-refractivity contribution in [3.63, 3.8) is 0 Å². The lowest BCUT2D eigenvalue weighted by Crippen LogP contribution is -2.25. The highest BCUT2D eigenvalue weighted by Crippen LogP contribution is 2.20. The average molecular weight is 308 g/mol. The molecule has 5 nitrogen and oxygen atoms in total. The fourth-order valence-corrected chi connectivity index (χ4v) is 3.02. The van der Waals surface area contributed by atoms with Crippen molar-refractivity contribution in [1.29, 1.82) is 0 Å². The normalized spacial score (nSPS) is 11.4. The highest BCUT2D eigenvalue weighted by molar-refractivity contribution is 7.99. The monoisotopic (exact) mass is 308 g/mol. The Kier molecular flexibility index (Phi) is 5.78. The maximum Gasteiger partial charge on any atom is 0.262 e. The number of hydrogen-bond donors (Lipinski definition) is 1. The van der Waals surface area contributed by atoms with Crippen LogP contribution in [0.15, 0.2) is 34.2 Å². The summed E-state index contributed by atoms with van der Waals surface area (Å²) in [5.74, 6) is 0.692. The van der Waals surface area contributed by atoms with Crippen molar-refractivity contribution in [1.82, 2.24) is 9.55 Å². The molecule has 2 rings (SSSR count). The van der Waals surface area contributed by atoms with E-state index in [1.54, 1.807) is 4.57 Å². The Morgan fingerprint density at radius 2 is 2.10 bits per heavy atom. The van der Waals surface area contributed by atoms with Crippen molar-refractivity contribution in [3.8, 4) is 0 Å². The lowest BCUT2D eigenvalue weighted by molar-refractivity contribution is 0.103. The van der Waals surface area contributed by atoms with Crippen molar-refractivity contribution < 1.29 is 9.84 Å². The first-order valence-corrected chi connectivity index (χ1v) is 7.96. The van der Waals surface area contributed by atoms with Gasteiger partial charge in [0.15, 0.2) is 5.16 Å². The Labute approximate surface area is 128 Å². The Hall–Kier alpha value is -1.37. The van der Waals surface area contributed by atoms with E-state index in [1.807, 2.05) is 38.1 Å². The van der Waals surface area contributed by atoms with Crippen LogP contribution in [-0.4, -0.2) is 40.2 Å². The first-order chi connectivity index (χ1) is 10.1. The van der Waals surface area contributed by atoms with Crippen LogP contribution >= 0.6 is 11.8 Å². The topological polar surface area (TPSA) is 64.3 Å². The molecule has 0 aliphatic heterocycles. The summed E-state index contributed by atoms with van der Waals surface area (Å²) in [5, 5.41) is 10.0. The van der Waals surface area contributed by atoms with Crippen molar-refractivity contribution in [2.24, 2.45) is 0 Å². The summed E-state index contributed by atoms with van der Waals surface area (Å²) >= 11 is 1.50. The second-order valence-electron chi connectivity index (χ2n) is 4.86. The van der Waals surface area contributed by atoms with E-state index in [0.29, 0.717) is 29.5 Å². The summed E-state index contributed by atoms with van der Waals surface area (Å²) in [7, 11) is 0. The van der Waals surface area contributed by atoms with Crippen LogP contribution in [0.2, 0.25) is 0 Å². The first kappa shape index (κ1) is 16.0. The second kappa shape index (κ2) is 7.59. The molecule has 6 heteroatoms. The van der Waals surface area contributed by atoms with E-state index in [-0.39, 0.29) is 18.2 Å². The molecule has 0 aliphatic rings. The minimum atomic E-state index is -0.00521. The van der Waals surface area contributed by atoms with E-state index < -0.39 is 0 Å². The predicted octanol–water partition coefficient (Wildman–Crippen LogP) is 2.08. The van der Waals surface area contributed by atoms with Gasteiger partial charge in [-0.2, -0.15) is 0 Å². The third kappa shape index (κ3) is 3.84. The molecule has 0 fully saturated rings. The van der Waals surface area contributed by atoms with Crippen LogP contribution in [0, 0.1) is 0 Å². The van der Waals surface area contributed by atoms with E-state index in [0.717, 1.165) is 5.52 Å². The van der Waals surface area contributed by atoms with Crippen molar-refractivity contribution in [3.05, 3.63) is 34.6 Å². The number of aliphatic hydroxyl groups excluding tert-OH is 1. The minimum Gasteiger partial charge on any atom is -0.394 e. The van der Waals surface area contributed by atoms with Gasteiger partial charge in [0, 0.05) is 11.8 Å². The number of para-hydroxylation sites is 1. The predicted molar refractivity (Wildman–Crippen MR) is 85.0 cm³/mol. The zero-order valence-corrected chi connectivity index (χ0v) is 13.1. The molecular weight excluding hydrogens is 288 g/mol. The SMILES string of the molecule is CC(C)n1c(SCCOCCO)nc2ccccc2c1=O. The van der Waals surface area contributed by atoms with E-state index in [9.17, 15) is 4.79 Å². The minimum absolute atomic E-state index is 0.00521. The smallest absolute Gasteiger partial charge is 0.262 e. The summed E-state index contributed by atoms with van der Waals surface area (Å²) < 4.78 is 6.96. The van der Waals surface area contributed by atoms with E-state index in [1.165, 1.54) is 11.8 Å². The largest absolute Gasteiger partial charge is 0.394 e. The van der Waals surface area contributed by atoms with E-state index in [4.69, 9.17) is 9.84 Å². The molecule has 21 heavy (non-hydrogen) atoms. The standard InChI is InChI=1S/C15H20N2O3S/c1-11(2)17-14(19)12-5-3-4-6-13(12)16-15(17)21-10-9-20-8-7-18/h3-6,11,18H,7-10H2,1-2H3. The van der Waals surface area contributed by atoms with Crippen LogP contribution < -0.4 is 5.56 Å². The zero-order chi connectivity index (χ0) is 15.2.